The molecule has 1 fully saturated rings. The second-order valence-electron chi connectivity index (χ2n) is 7.45. The summed E-state index contributed by atoms with van der Waals surface area (Å²) >= 11 is 0. The molecule has 2 atom stereocenters. The van der Waals surface area contributed by atoms with Gasteiger partial charge in [0.05, 0.1) is 17.1 Å². The van der Waals surface area contributed by atoms with Gasteiger partial charge in [-0.3, -0.25) is 14.6 Å². The third-order valence-corrected chi connectivity index (χ3v) is 5.34. The lowest BCUT2D eigenvalue weighted by atomic mass is 9.93. The van der Waals surface area contributed by atoms with Crippen LogP contribution in [0.25, 0.3) is 10.9 Å². The molecule has 0 spiro atoms. The molecule has 0 radical (unpaired) electrons. The maximum atomic E-state index is 13.1. The van der Waals surface area contributed by atoms with Gasteiger partial charge in [0.15, 0.2) is 0 Å². The van der Waals surface area contributed by atoms with Crippen molar-refractivity contribution in [1.29, 1.82) is 0 Å². The molecular weight excluding hydrogens is 350 g/mol. The number of nitrogens with one attached hydrogen (secondary N) is 1. The van der Waals surface area contributed by atoms with E-state index in [1.807, 2.05) is 42.2 Å². The number of pyridine rings is 1. The van der Waals surface area contributed by atoms with Crippen LogP contribution < -0.4 is 5.32 Å². The van der Waals surface area contributed by atoms with Gasteiger partial charge in [-0.2, -0.15) is 0 Å². The predicted octanol–water partition coefficient (Wildman–Crippen LogP) is 3.29. The Morgan fingerprint density at radius 2 is 1.82 bits per heavy atom. The number of carbonyl (C=O) groups is 2. The van der Waals surface area contributed by atoms with Gasteiger partial charge in [-0.15, -0.1) is 0 Å². The fraction of sp³-hybridized carbons (Fsp3) is 0.261. The molecule has 2 aromatic carbocycles. The molecule has 1 aromatic heterocycles. The van der Waals surface area contributed by atoms with Crippen LogP contribution in [0.4, 0.5) is 0 Å². The van der Waals surface area contributed by atoms with Crippen molar-refractivity contribution in [2.75, 3.05) is 13.1 Å². The fourth-order valence-electron chi connectivity index (χ4n) is 3.90. The van der Waals surface area contributed by atoms with E-state index in [0.717, 1.165) is 16.5 Å². The monoisotopic (exact) mass is 373 g/mol. The molecule has 142 valence electrons. The van der Waals surface area contributed by atoms with E-state index in [9.17, 15) is 9.59 Å². The van der Waals surface area contributed by atoms with E-state index in [4.69, 9.17) is 0 Å². The molecule has 1 aliphatic heterocycles. The molecular formula is C23H23N3O2. The summed E-state index contributed by atoms with van der Waals surface area (Å²) in [5.41, 5.74) is 3.77. The van der Waals surface area contributed by atoms with Crippen molar-refractivity contribution in [1.82, 2.24) is 15.2 Å². The standard InChI is InChI=1S/C23H23N3O2/c1-15-7-9-17(10-8-15)20-13-26(14-22(20)25-16(2)27)23(28)19-11-18-5-3-4-6-21(18)24-12-19/h3-12,20,22H,13-14H2,1-2H3,(H,25,27)/t20-,22+/m0/s1. The molecule has 0 saturated carbocycles. The molecule has 0 aliphatic carbocycles. The summed E-state index contributed by atoms with van der Waals surface area (Å²) in [6, 6.07) is 17.8. The van der Waals surface area contributed by atoms with E-state index in [-0.39, 0.29) is 23.8 Å². The topological polar surface area (TPSA) is 62.3 Å². The van der Waals surface area contributed by atoms with Crippen LogP contribution in [0.1, 0.15) is 34.3 Å². The van der Waals surface area contributed by atoms with E-state index in [1.54, 1.807) is 6.20 Å². The Labute approximate surface area is 164 Å². The number of aryl methyl sites for hydroxylation is 1. The molecule has 4 rings (SSSR count). The number of likely N-dealkylation sites (tertiary alicyclic amines) is 1. The van der Waals surface area contributed by atoms with Crippen molar-refractivity contribution in [3.05, 3.63) is 77.5 Å². The molecule has 28 heavy (non-hydrogen) atoms. The van der Waals surface area contributed by atoms with Crippen LogP contribution in [0.2, 0.25) is 0 Å². The molecule has 2 amide bonds. The number of hydrogen-bond donors (Lipinski definition) is 1. The highest BCUT2D eigenvalue weighted by Crippen LogP contribution is 2.29. The number of para-hydroxylation sites is 1. The van der Waals surface area contributed by atoms with Crippen LogP contribution >= 0.6 is 0 Å². The van der Waals surface area contributed by atoms with E-state index >= 15 is 0 Å². The number of aromatic nitrogens is 1. The van der Waals surface area contributed by atoms with Crippen molar-refractivity contribution in [3.8, 4) is 0 Å². The van der Waals surface area contributed by atoms with Gasteiger partial charge < -0.3 is 10.2 Å². The van der Waals surface area contributed by atoms with Gasteiger partial charge >= 0.3 is 0 Å². The third kappa shape index (κ3) is 3.60. The van der Waals surface area contributed by atoms with E-state index in [1.165, 1.54) is 12.5 Å². The van der Waals surface area contributed by atoms with E-state index in [2.05, 4.69) is 34.6 Å². The Balaban J connectivity index is 1.60. The average Bonchev–Trinajstić information content (AvgIpc) is 3.10. The Bertz CT molecular complexity index is 1030. The first-order chi connectivity index (χ1) is 13.5. The van der Waals surface area contributed by atoms with Gasteiger partial charge in [-0.25, -0.2) is 0 Å². The maximum Gasteiger partial charge on any atom is 0.255 e. The quantitative estimate of drug-likeness (QED) is 0.766. The lowest BCUT2D eigenvalue weighted by Gasteiger charge is -2.19. The minimum atomic E-state index is -0.0995. The first-order valence-electron chi connectivity index (χ1n) is 9.49. The van der Waals surface area contributed by atoms with E-state index in [0.29, 0.717) is 18.7 Å². The lowest BCUT2D eigenvalue weighted by Crippen LogP contribution is -2.39. The first-order valence-corrected chi connectivity index (χ1v) is 9.49. The Kier molecular flexibility index (Phi) is 4.82. The third-order valence-electron chi connectivity index (χ3n) is 5.34. The van der Waals surface area contributed by atoms with Crippen LogP contribution in [0.15, 0.2) is 60.8 Å². The van der Waals surface area contributed by atoms with Crippen molar-refractivity contribution in [2.24, 2.45) is 0 Å². The van der Waals surface area contributed by atoms with Crippen LogP contribution in [-0.2, 0) is 4.79 Å². The van der Waals surface area contributed by atoms with Gasteiger partial charge in [0.25, 0.3) is 5.91 Å². The summed E-state index contributed by atoms with van der Waals surface area (Å²) < 4.78 is 0. The molecule has 0 unspecified atom stereocenters. The normalized spacial score (nSPS) is 19.0. The lowest BCUT2D eigenvalue weighted by molar-refractivity contribution is -0.119. The zero-order chi connectivity index (χ0) is 19.7. The smallest absolute Gasteiger partial charge is 0.255 e. The molecule has 5 heteroatoms. The minimum Gasteiger partial charge on any atom is -0.351 e. The van der Waals surface area contributed by atoms with Crippen LogP contribution in [0.5, 0.6) is 0 Å². The van der Waals surface area contributed by atoms with Crippen LogP contribution in [0.3, 0.4) is 0 Å². The van der Waals surface area contributed by atoms with Gasteiger partial charge in [0.2, 0.25) is 5.91 Å². The minimum absolute atomic E-state index is 0.0526. The van der Waals surface area contributed by atoms with Crippen molar-refractivity contribution in [3.63, 3.8) is 0 Å². The predicted molar refractivity (Wildman–Crippen MR) is 109 cm³/mol. The molecule has 3 aromatic rings. The van der Waals surface area contributed by atoms with Crippen molar-refractivity contribution >= 4 is 22.7 Å². The van der Waals surface area contributed by atoms with Gasteiger partial charge in [-0.1, -0.05) is 48.0 Å². The number of hydrogen-bond acceptors (Lipinski definition) is 3. The SMILES string of the molecule is CC(=O)N[C@@H]1CN(C(=O)c2cnc3ccccc3c2)C[C@H]1c1ccc(C)cc1. The van der Waals surface area contributed by atoms with Crippen molar-refractivity contribution < 1.29 is 9.59 Å². The number of amides is 2. The molecule has 1 saturated heterocycles. The average molecular weight is 373 g/mol. The molecule has 0 bridgehead atoms. The number of carbonyl (C=O) groups excluding carboxylic acids is 2. The zero-order valence-corrected chi connectivity index (χ0v) is 16.1. The maximum absolute atomic E-state index is 13.1. The summed E-state index contributed by atoms with van der Waals surface area (Å²) in [4.78, 5) is 31.1. The molecule has 5 nitrogen and oxygen atoms in total. The zero-order valence-electron chi connectivity index (χ0n) is 16.1. The Hall–Kier alpha value is -3.21. The summed E-state index contributed by atoms with van der Waals surface area (Å²) in [6.45, 7) is 4.62. The second-order valence-corrected chi connectivity index (χ2v) is 7.45. The number of rotatable bonds is 3. The Morgan fingerprint density at radius 1 is 1.07 bits per heavy atom. The van der Waals surface area contributed by atoms with Gasteiger partial charge in [-0.05, 0) is 24.6 Å². The Morgan fingerprint density at radius 3 is 2.57 bits per heavy atom. The molecule has 2 heterocycles. The summed E-state index contributed by atoms with van der Waals surface area (Å²) in [5, 5.41) is 3.97. The second kappa shape index (κ2) is 7.43. The summed E-state index contributed by atoms with van der Waals surface area (Å²) in [6.07, 6.45) is 1.64. The largest absolute Gasteiger partial charge is 0.351 e. The summed E-state index contributed by atoms with van der Waals surface area (Å²) in [7, 11) is 0. The van der Waals surface area contributed by atoms with E-state index < -0.39 is 0 Å². The van der Waals surface area contributed by atoms with Gasteiger partial charge in [0.1, 0.15) is 0 Å². The van der Waals surface area contributed by atoms with Gasteiger partial charge in [0, 0.05) is 37.5 Å². The fourth-order valence-corrected chi connectivity index (χ4v) is 3.90. The first kappa shape index (κ1) is 18.2. The van der Waals surface area contributed by atoms with Crippen LogP contribution in [-0.4, -0.2) is 40.8 Å². The number of nitrogens with zero attached hydrogens (tertiary/aromatic N) is 2. The highest BCUT2D eigenvalue weighted by molar-refractivity contribution is 5.97. The molecule has 1 aliphatic rings. The number of fused-ring (bicyclic) bond motifs is 1. The molecule has 1 N–H and O–H groups in total. The highest BCUT2D eigenvalue weighted by Gasteiger charge is 2.37. The van der Waals surface area contributed by atoms with Crippen molar-refractivity contribution in [2.45, 2.75) is 25.8 Å². The van der Waals surface area contributed by atoms with Crippen LogP contribution in [0, 0.1) is 6.92 Å². The number of benzene rings is 2. The summed E-state index contributed by atoms with van der Waals surface area (Å²) in [5.74, 6) is -0.0612. The highest BCUT2D eigenvalue weighted by atomic mass is 16.2.